The van der Waals surface area contributed by atoms with E-state index in [1.165, 1.54) is 0 Å². The summed E-state index contributed by atoms with van der Waals surface area (Å²) in [6.07, 6.45) is 1.85. The molecule has 1 aromatic rings. The summed E-state index contributed by atoms with van der Waals surface area (Å²) in [7, 11) is 0. The number of rotatable bonds is 1. The molecule has 2 heteroatoms. The standard InChI is InChI=1S/C10H14N2/c1-10(2)7-12-9(10)8-5-3-4-6-11-8/h3-6,9,12H,7H2,1-2H3. The quantitative estimate of drug-likeness (QED) is 0.680. The zero-order valence-corrected chi connectivity index (χ0v) is 7.54. The Morgan fingerprint density at radius 3 is 2.75 bits per heavy atom. The summed E-state index contributed by atoms with van der Waals surface area (Å²) in [6, 6.07) is 6.52. The van der Waals surface area contributed by atoms with Crippen LogP contribution in [-0.4, -0.2) is 11.5 Å². The van der Waals surface area contributed by atoms with Crippen molar-refractivity contribution in [2.75, 3.05) is 6.54 Å². The minimum atomic E-state index is 0.369. The van der Waals surface area contributed by atoms with E-state index < -0.39 is 0 Å². The summed E-state index contributed by atoms with van der Waals surface area (Å²) in [4.78, 5) is 4.33. The number of nitrogens with one attached hydrogen (secondary N) is 1. The van der Waals surface area contributed by atoms with Crippen LogP contribution in [0.1, 0.15) is 25.6 Å². The van der Waals surface area contributed by atoms with Gasteiger partial charge in [-0.05, 0) is 17.5 Å². The second-order valence-corrected chi connectivity index (χ2v) is 4.06. The van der Waals surface area contributed by atoms with Gasteiger partial charge in [-0.15, -0.1) is 0 Å². The molecule has 2 nitrogen and oxygen atoms in total. The Labute approximate surface area is 73.0 Å². The van der Waals surface area contributed by atoms with Crippen LogP contribution in [-0.2, 0) is 0 Å². The molecular weight excluding hydrogens is 148 g/mol. The summed E-state index contributed by atoms with van der Waals surface area (Å²) in [6.45, 7) is 5.62. The molecule has 1 saturated heterocycles. The molecule has 0 bridgehead atoms. The average molecular weight is 162 g/mol. The van der Waals surface area contributed by atoms with Crippen molar-refractivity contribution in [3.63, 3.8) is 0 Å². The van der Waals surface area contributed by atoms with Crippen molar-refractivity contribution in [3.05, 3.63) is 30.1 Å². The fraction of sp³-hybridized carbons (Fsp3) is 0.500. The topological polar surface area (TPSA) is 24.9 Å². The van der Waals surface area contributed by atoms with Gasteiger partial charge in [0.15, 0.2) is 0 Å². The van der Waals surface area contributed by atoms with Gasteiger partial charge in [-0.1, -0.05) is 19.9 Å². The third kappa shape index (κ3) is 1.12. The first kappa shape index (κ1) is 7.74. The van der Waals surface area contributed by atoms with Gasteiger partial charge in [0, 0.05) is 12.7 Å². The molecule has 2 heterocycles. The second kappa shape index (κ2) is 2.56. The molecule has 12 heavy (non-hydrogen) atoms. The highest BCUT2D eigenvalue weighted by Crippen LogP contribution is 2.38. The fourth-order valence-corrected chi connectivity index (χ4v) is 1.66. The molecule has 0 aromatic carbocycles. The van der Waals surface area contributed by atoms with E-state index in [2.05, 4.69) is 30.2 Å². The van der Waals surface area contributed by atoms with Gasteiger partial charge in [0.05, 0.1) is 11.7 Å². The monoisotopic (exact) mass is 162 g/mol. The smallest absolute Gasteiger partial charge is 0.0579 e. The lowest BCUT2D eigenvalue weighted by Crippen LogP contribution is -2.52. The van der Waals surface area contributed by atoms with E-state index in [9.17, 15) is 0 Å². The first-order valence-electron chi connectivity index (χ1n) is 4.34. The number of aromatic nitrogens is 1. The molecule has 0 saturated carbocycles. The molecule has 1 aromatic heterocycles. The first-order valence-corrected chi connectivity index (χ1v) is 4.34. The molecule has 1 unspecified atom stereocenters. The molecule has 64 valence electrons. The number of pyridine rings is 1. The van der Waals surface area contributed by atoms with Gasteiger partial charge in [0.1, 0.15) is 0 Å². The van der Waals surface area contributed by atoms with Crippen LogP contribution >= 0.6 is 0 Å². The Morgan fingerprint density at radius 1 is 1.50 bits per heavy atom. The lowest BCUT2D eigenvalue weighted by Gasteiger charge is -2.45. The maximum absolute atomic E-state index is 4.33. The predicted molar refractivity (Wildman–Crippen MR) is 48.8 cm³/mol. The molecule has 0 spiro atoms. The van der Waals surface area contributed by atoms with Crippen LogP contribution in [0.5, 0.6) is 0 Å². The first-order chi connectivity index (χ1) is 5.70. The summed E-state index contributed by atoms with van der Waals surface area (Å²) in [5, 5.41) is 3.39. The number of hydrogen-bond donors (Lipinski definition) is 1. The summed E-state index contributed by atoms with van der Waals surface area (Å²) in [5.74, 6) is 0. The Hall–Kier alpha value is -0.890. The van der Waals surface area contributed by atoms with Gasteiger partial charge < -0.3 is 5.32 Å². The molecule has 1 N–H and O–H groups in total. The summed E-state index contributed by atoms with van der Waals surface area (Å²) in [5.41, 5.74) is 1.53. The van der Waals surface area contributed by atoms with E-state index in [0.29, 0.717) is 11.5 Å². The van der Waals surface area contributed by atoms with Crippen LogP contribution in [0, 0.1) is 5.41 Å². The van der Waals surface area contributed by atoms with E-state index in [0.717, 1.165) is 12.2 Å². The Balaban J connectivity index is 2.22. The molecular formula is C10H14N2. The predicted octanol–water partition coefficient (Wildman–Crippen LogP) is 1.75. The maximum Gasteiger partial charge on any atom is 0.0579 e. The van der Waals surface area contributed by atoms with Crippen LogP contribution in [0.2, 0.25) is 0 Å². The van der Waals surface area contributed by atoms with E-state index in [4.69, 9.17) is 0 Å². The van der Waals surface area contributed by atoms with Crippen LogP contribution in [0.3, 0.4) is 0 Å². The van der Waals surface area contributed by atoms with Gasteiger partial charge in [-0.3, -0.25) is 4.98 Å². The van der Waals surface area contributed by atoms with Crippen molar-refractivity contribution in [3.8, 4) is 0 Å². The highest BCUT2D eigenvalue weighted by Gasteiger charge is 2.39. The summed E-state index contributed by atoms with van der Waals surface area (Å²) < 4.78 is 0. The van der Waals surface area contributed by atoms with Gasteiger partial charge in [-0.25, -0.2) is 0 Å². The molecule has 1 aliphatic rings. The maximum atomic E-state index is 4.33. The third-order valence-corrected chi connectivity index (χ3v) is 2.53. The van der Waals surface area contributed by atoms with Crippen molar-refractivity contribution < 1.29 is 0 Å². The number of nitrogens with zero attached hydrogens (tertiary/aromatic N) is 1. The van der Waals surface area contributed by atoms with E-state index in [1.807, 2.05) is 18.3 Å². The molecule has 0 amide bonds. The van der Waals surface area contributed by atoms with Crippen LogP contribution < -0.4 is 5.32 Å². The fourth-order valence-electron chi connectivity index (χ4n) is 1.66. The van der Waals surface area contributed by atoms with Crippen molar-refractivity contribution in [1.82, 2.24) is 10.3 Å². The molecule has 1 atom stereocenters. The molecule has 0 radical (unpaired) electrons. The molecule has 2 rings (SSSR count). The highest BCUT2D eigenvalue weighted by atomic mass is 15.1. The minimum Gasteiger partial charge on any atom is -0.308 e. The highest BCUT2D eigenvalue weighted by molar-refractivity contribution is 5.16. The lowest BCUT2D eigenvalue weighted by molar-refractivity contribution is 0.125. The average Bonchev–Trinajstić information content (AvgIpc) is 2.05. The second-order valence-electron chi connectivity index (χ2n) is 4.06. The summed E-state index contributed by atoms with van der Waals surface area (Å²) >= 11 is 0. The Bertz CT molecular complexity index is 266. The van der Waals surface area contributed by atoms with Crippen molar-refractivity contribution in [2.45, 2.75) is 19.9 Å². The van der Waals surface area contributed by atoms with Crippen LogP contribution in [0.15, 0.2) is 24.4 Å². The third-order valence-electron chi connectivity index (χ3n) is 2.53. The molecule has 1 aliphatic heterocycles. The van der Waals surface area contributed by atoms with Crippen LogP contribution in [0.4, 0.5) is 0 Å². The van der Waals surface area contributed by atoms with Gasteiger partial charge >= 0.3 is 0 Å². The Kier molecular flexibility index (Phi) is 1.65. The zero-order chi connectivity index (χ0) is 8.60. The van der Waals surface area contributed by atoms with E-state index >= 15 is 0 Å². The molecule has 1 fully saturated rings. The van der Waals surface area contributed by atoms with Gasteiger partial charge in [-0.2, -0.15) is 0 Å². The SMILES string of the molecule is CC1(C)CNC1c1ccccn1. The van der Waals surface area contributed by atoms with Crippen molar-refractivity contribution in [2.24, 2.45) is 5.41 Å². The van der Waals surface area contributed by atoms with E-state index in [-0.39, 0.29) is 0 Å². The van der Waals surface area contributed by atoms with Gasteiger partial charge in [0.25, 0.3) is 0 Å². The zero-order valence-electron chi connectivity index (χ0n) is 7.54. The van der Waals surface area contributed by atoms with Crippen LogP contribution in [0.25, 0.3) is 0 Å². The largest absolute Gasteiger partial charge is 0.308 e. The minimum absolute atomic E-state index is 0.369. The normalized spacial score (nSPS) is 26.3. The van der Waals surface area contributed by atoms with Crippen molar-refractivity contribution in [1.29, 1.82) is 0 Å². The van der Waals surface area contributed by atoms with Crippen molar-refractivity contribution >= 4 is 0 Å². The van der Waals surface area contributed by atoms with E-state index in [1.54, 1.807) is 0 Å². The number of hydrogen-bond acceptors (Lipinski definition) is 2. The Morgan fingerprint density at radius 2 is 2.33 bits per heavy atom. The molecule has 0 aliphatic carbocycles. The lowest BCUT2D eigenvalue weighted by atomic mass is 9.75. The van der Waals surface area contributed by atoms with Gasteiger partial charge in [0.2, 0.25) is 0 Å².